The summed E-state index contributed by atoms with van der Waals surface area (Å²) in [6.07, 6.45) is 4.19. The Morgan fingerprint density at radius 2 is 2.00 bits per heavy atom. The predicted molar refractivity (Wildman–Crippen MR) is 122 cm³/mol. The molecule has 1 aliphatic heterocycles. The summed E-state index contributed by atoms with van der Waals surface area (Å²) in [5, 5.41) is 13.7. The molecule has 0 saturated carbocycles. The third-order valence-electron chi connectivity index (χ3n) is 5.35. The number of benzene rings is 2. The number of thioether (sulfide) groups is 1. The average molecular weight is 434 g/mol. The average Bonchev–Trinajstić information content (AvgIpc) is 3.53. The van der Waals surface area contributed by atoms with Crippen LogP contribution in [0.1, 0.15) is 12.8 Å². The number of nitrogens with zero attached hydrogens (tertiary/aromatic N) is 3. The smallest absolute Gasteiger partial charge is 0.234 e. The number of amides is 1. The van der Waals surface area contributed by atoms with E-state index in [4.69, 9.17) is 4.74 Å². The molecular weight excluding hydrogens is 410 g/mol. The van der Waals surface area contributed by atoms with Crippen LogP contribution in [0.15, 0.2) is 66.0 Å². The van der Waals surface area contributed by atoms with Crippen LogP contribution in [-0.2, 0) is 16.1 Å². The zero-order chi connectivity index (χ0) is 21.0. The van der Waals surface area contributed by atoms with Crippen molar-refractivity contribution in [2.45, 2.75) is 30.6 Å². The zero-order valence-electron chi connectivity index (χ0n) is 17.0. The predicted octanol–water partition coefficient (Wildman–Crippen LogP) is 4.34. The van der Waals surface area contributed by atoms with Crippen LogP contribution in [0, 0.1) is 0 Å². The second-order valence-corrected chi connectivity index (χ2v) is 8.45. The Kier molecular flexibility index (Phi) is 5.73. The molecular formula is C23H23N5O2S. The summed E-state index contributed by atoms with van der Waals surface area (Å²) in [6.45, 7) is 1.46. The van der Waals surface area contributed by atoms with Gasteiger partial charge in [-0.05, 0) is 31.0 Å². The quantitative estimate of drug-likeness (QED) is 0.424. The zero-order valence-corrected chi connectivity index (χ0v) is 17.8. The molecule has 1 amide bonds. The van der Waals surface area contributed by atoms with E-state index in [1.807, 2.05) is 54.7 Å². The van der Waals surface area contributed by atoms with Gasteiger partial charge in [0.05, 0.1) is 18.4 Å². The summed E-state index contributed by atoms with van der Waals surface area (Å²) in [4.78, 5) is 15.7. The van der Waals surface area contributed by atoms with E-state index in [1.54, 1.807) is 0 Å². The van der Waals surface area contributed by atoms with Gasteiger partial charge in [-0.1, -0.05) is 48.2 Å². The Morgan fingerprint density at radius 3 is 2.84 bits per heavy atom. The minimum atomic E-state index is -0.0727. The molecule has 1 fully saturated rings. The van der Waals surface area contributed by atoms with Crippen molar-refractivity contribution in [1.82, 2.24) is 19.7 Å². The Morgan fingerprint density at radius 1 is 1.16 bits per heavy atom. The van der Waals surface area contributed by atoms with E-state index in [1.165, 1.54) is 11.8 Å². The highest BCUT2D eigenvalue weighted by molar-refractivity contribution is 7.99. The molecule has 2 aromatic carbocycles. The van der Waals surface area contributed by atoms with Gasteiger partial charge in [0.2, 0.25) is 5.91 Å². The normalized spacial score (nSPS) is 16.1. The van der Waals surface area contributed by atoms with Gasteiger partial charge in [0.1, 0.15) is 0 Å². The molecule has 158 valence electrons. The molecule has 5 rings (SSSR count). The fraction of sp³-hybridized carbons (Fsp3) is 0.261. The first-order valence-electron chi connectivity index (χ1n) is 10.4. The van der Waals surface area contributed by atoms with E-state index < -0.39 is 0 Å². The fourth-order valence-corrected chi connectivity index (χ4v) is 4.60. The Balaban J connectivity index is 1.39. The molecule has 8 heteroatoms. The van der Waals surface area contributed by atoms with E-state index in [-0.39, 0.29) is 17.8 Å². The first-order valence-corrected chi connectivity index (χ1v) is 11.4. The van der Waals surface area contributed by atoms with Crippen molar-refractivity contribution < 1.29 is 9.53 Å². The minimum absolute atomic E-state index is 0.0727. The van der Waals surface area contributed by atoms with Crippen molar-refractivity contribution in [3.63, 3.8) is 0 Å². The SMILES string of the molecule is O=C(CSc1nnc(-c2c[nH]c3ccccc23)n1C[C@@H]1CCCO1)Nc1ccccc1. The summed E-state index contributed by atoms with van der Waals surface area (Å²) in [7, 11) is 0. The molecule has 2 N–H and O–H groups in total. The lowest BCUT2D eigenvalue weighted by molar-refractivity contribution is -0.113. The van der Waals surface area contributed by atoms with Crippen molar-refractivity contribution >= 4 is 34.3 Å². The monoisotopic (exact) mass is 433 g/mol. The lowest BCUT2D eigenvalue weighted by Gasteiger charge is -2.14. The van der Waals surface area contributed by atoms with Crippen LogP contribution in [0.25, 0.3) is 22.3 Å². The molecule has 0 radical (unpaired) electrons. The number of rotatable bonds is 7. The van der Waals surface area contributed by atoms with Crippen molar-refractivity contribution in [2.75, 3.05) is 17.7 Å². The molecule has 1 atom stereocenters. The number of hydrogen-bond donors (Lipinski definition) is 2. The van der Waals surface area contributed by atoms with Crippen LogP contribution in [0.4, 0.5) is 5.69 Å². The number of fused-ring (bicyclic) bond motifs is 1. The first kappa shape index (κ1) is 19.8. The molecule has 2 aromatic heterocycles. The molecule has 1 saturated heterocycles. The van der Waals surface area contributed by atoms with E-state index >= 15 is 0 Å². The summed E-state index contributed by atoms with van der Waals surface area (Å²) >= 11 is 1.39. The molecule has 0 spiro atoms. The van der Waals surface area contributed by atoms with Gasteiger partial charge in [-0.3, -0.25) is 9.36 Å². The van der Waals surface area contributed by atoms with Gasteiger partial charge < -0.3 is 15.0 Å². The highest BCUT2D eigenvalue weighted by Crippen LogP contribution is 2.31. The van der Waals surface area contributed by atoms with Gasteiger partial charge in [-0.2, -0.15) is 0 Å². The second-order valence-electron chi connectivity index (χ2n) is 7.50. The maximum absolute atomic E-state index is 12.4. The van der Waals surface area contributed by atoms with Gasteiger partial charge in [0, 0.05) is 35.0 Å². The van der Waals surface area contributed by atoms with Crippen molar-refractivity contribution in [1.29, 1.82) is 0 Å². The molecule has 3 heterocycles. The van der Waals surface area contributed by atoms with E-state index in [9.17, 15) is 4.79 Å². The maximum Gasteiger partial charge on any atom is 0.234 e. The molecule has 0 unspecified atom stereocenters. The Hall–Kier alpha value is -3.10. The number of aromatic nitrogens is 4. The number of H-pyrrole nitrogens is 1. The topological polar surface area (TPSA) is 84.8 Å². The van der Waals surface area contributed by atoms with Crippen LogP contribution >= 0.6 is 11.8 Å². The van der Waals surface area contributed by atoms with Crippen LogP contribution < -0.4 is 5.32 Å². The number of nitrogens with one attached hydrogen (secondary N) is 2. The first-order chi connectivity index (χ1) is 15.3. The number of ether oxygens (including phenoxy) is 1. The molecule has 31 heavy (non-hydrogen) atoms. The van der Waals surface area contributed by atoms with Crippen LogP contribution in [0.5, 0.6) is 0 Å². The van der Waals surface area contributed by atoms with Crippen LogP contribution in [0.2, 0.25) is 0 Å². The van der Waals surface area contributed by atoms with Crippen LogP contribution in [-0.4, -0.2) is 44.1 Å². The Bertz CT molecular complexity index is 1180. The lowest BCUT2D eigenvalue weighted by Crippen LogP contribution is -2.18. The van der Waals surface area contributed by atoms with Gasteiger partial charge in [-0.25, -0.2) is 0 Å². The standard InChI is InChI=1S/C23H23N5O2S/c29-21(25-16-7-2-1-3-8-16)15-31-23-27-26-22(28(23)14-17-9-6-12-30-17)19-13-24-20-11-5-4-10-18(19)20/h1-5,7-8,10-11,13,17,24H,6,9,12,14-15H2,(H,25,29)/t17-/m0/s1. The van der Waals surface area contributed by atoms with Gasteiger partial charge >= 0.3 is 0 Å². The summed E-state index contributed by atoms with van der Waals surface area (Å²) in [5.74, 6) is 0.974. The number of carbonyl (C=O) groups excluding carboxylic acids is 1. The summed E-state index contributed by atoms with van der Waals surface area (Å²) in [6, 6.07) is 17.6. The number of aromatic amines is 1. The number of para-hydroxylation sites is 2. The minimum Gasteiger partial charge on any atom is -0.376 e. The summed E-state index contributed by atoms with van der Waals surface area (Å²) < 4.78 is 7.96. The van der Waals surface area contributed by atoms with Crippen molar-refractivity contribution in [2.24, 2.45) is 0 Å². The third kappa shape index (κ3) is 4.35. The largest absolute Gasteiger partial charge is 0.376 e. The van der Waals surface area contributed by atoms with Gasteiger partial charge in [0.15, 0.2) is 11.0 Å². The number of hydrogen-bond acceptors (Lipinski definition) is 5. The third-order valence-corrected chi connectivity index (χ3v) is 6.31. The fourth-order valence-electron chi connectivity index (χ4n) is 3.86. The number of carbonyl (C=O) groups is 1. The Labute approximate surface area is 184 Å². The van der Waals surface area contributed by atoms with E-state index in [0.29, 0.717) is 6.54 Å². The highest BCUT2D eigenvalue weighted by Gasteiger charge is 2.23. The highest BCUT2D eigenvalue weighted by atomic mass is 32.2. The van der Waals surface area contributed by atoms with E-state index in [2.05, 4.69) is 31.1 Å². The second kappa shape index (κ2) is 8.95. The van der Waals surface area contributed by atoms with Gasteiger partial charge in [0.25, 0.3) is 0 Å². The number of anilines is 1. The van der Waals surface area contributed by atoms with Gasteiger partial charge in [-0.15, -0.1) is 10.2 Å². The van der Waals surface area contributed by atoms with E-state index in [0.717, 1.165) is 52.6 Å². The van der Waals surface area contributed by atoms with Crippen molar-refractivity contribution in [3.05, 3.63) is 60.8 Å². The van der Waals surface area contributed by atoms with Crippen LogP contribution in [0.3, 0.4) is 0 Å². The summed E-state index contributed by atoms with van der Waals surface area (Å²) in [5.41, 5.74) is 2.84. The molecule has 1 aliphatic rings. The molecule has 4 aromatic rings. The molecule has 0 bridgehead atoms. The lowest BCUT2D eigenvalue weighted by atomic mass is 10.1. The van der Waals surface area contributed by atoms with Crippen molar-refractivity contribution in [3.8, 4) is 11.4 Å². The maximum atomic E-state index is 12.4. The molecule has 0 aliphatic carbocycles. The molecule has 7 nitrogen and oxygen atoms in total.